The van der Waals surface area contributed by atoms with Gasteiger partial charge in [0.05, 0.1) is 32.0 Å². The molecule has 0 aromatic carbocycles. The lowest BCUT2D eigenvalue weighted by Gasteiger charge is -2.34. The van der Waals surface area contributed by atoms with Crippen molar-refractivity contribution >= 4 is 65.4 Å². The lowest BCUT2D eigenvalue weighted by atomic mass is 10.1. The maximum Gasteiger partial charge on any atom is 0.280 e. The van der Waals surface area contributed by atoms with E-state index in [1.807, 2.05) is 0 Å². The number of anilines is 2. The zero-order valence-electron chi connectivity index (χ0n) is 30.6. The first-order chi connectivity index (χ1) is 27.5. The minimum Gasteiger partial charge on any atom is -0.756 e. The fourth-order valence-electron chi connectivity index (χ4n) is 6.16. The summed E-state index contributed by atoms with van der Waals surface area (Å²) in [5.74, 6) is -0.00602. The van der Waals surface area contributed by atoms with Gasteiger partial charge in [-0.1, -0.05) is 0 Å². The van der Waals surface area contributed by atoms with Gasteiger partial charge in [0, 0.05) is 14.2 Å². The molecule has 12 atom stereocenters. The minimum absolute atomic E-state index is 0.0793. The topological polar surface area (TPSA) is 429 Å². The number of nitrogens with zero attached hydrogens (tertiary/aromatic N) is 7. The number of nitrogens with one attached hydrogen (secondary N) is 2. The first-order valence-corrected chi connectivity index (χ1v) is 22.5. The number of aliphatic hydroxyl groups excluding tert-OH is 1. The van der Waals surface area contributed by atoms with Crippen molar-refractivity contribution in [1.82, 2.24) is 39.0 Å². The second kappa shape index (κ2) is 17.3. The van der Waals surface area contributed by atoms with Gasteiger partial charge in [-0.2, -0.15) is 4.98 Å². The molecule has 59 heavy (non-hydrogen) atoms. The molecule has 0 aliphatic carbocycles. The van der Waals surface area contributed by atoms with Gasteiger partial charge < -0.3 is 73.1 Å². The minimum atomic E-state index is -6.32. The van der Waals surface area contributed by atoms with E-state index in [2.05, 4.69) is 48.4 Å². The fraction of sp³-hybridized carbons (Fsp3) is 0.600. The Labute approximate surface area is 330 Å². The van der Waals surface area contributed by atoms with E-state index in [9.17, 15) is 47.7 Å². The number of H-pyrrole nitrogens is 1. The van der Waals surface area contributed by atoms with Gasteiger partial charge >= 0.3 is 0 Å². The summed E-state index contributed by atoms with van der Waals surface area (Å²) in [5, 5.41) is 14.1. The Kier molecular flexibility index (Phi) is 13.3. The normalized spacial score (nSPS) is 29.1. The summed E-state index contributed by atoms with van der Waals surface area (Å²) in [6.07, 6.45) is -9.26. The third kappa shape index (κ3) is 10.3. The molecular formula is C25H34N10O20P4-4. The summed E-state index contributed by atoms with van der Waals surface area (Å²) in [6.45, 7) is 1.08. The van der Waals surface area contributed by atoms with Gasteiger partial charge in [-0.3, -0.25) is 37.2 Å². The Bertz CT molecular complexity index is 2410. The molecule has 0 spiro atoms. The van der Waals surface area contributed by atoms with E-state index >= 15 is 0 Å². The lowest BCUT2D eigenvalue weighted by Crippen LogP contribution is -2.40. The van der Waals surface area contributed by atoms with Crippen molar-refractivity contribution in [2.45, 2.75) is 69.0 Å². The summed E-state index contributed by atoms with van der Waals surface area (Å²) in [7, 11) is -21.4. The average molecular weight is 918 g/mol. The van der Waals surface area contributed by atoms with Crippen LogP contribution in [-0.2, 0) is 59.4 Å². The molecule has 2 fully saturated rings. The van der Waals surface area contributed by atoms with Crippen LogP contribution in [0.5, 0.6) is 0 Å². The van der Waals surface area contributed by atoms with Crippen LogP contribution < -0.4 is 36.2 Å². The monoisotopic (exact) mass is 918 g/mol. The third-order valence-corrected chi connectivity index (χ3v) is 13.0. The number of methoxy groups -OCH3 is 1. The molecule has 6 unspecified atom stereocenters. The van der Waals surface area contributed by atoms with Gasteiger partial charge in [-0.25, -0.2) is 28.6 Å². The second-order valence-electron chi connectivity index (χ2n) is 12.7. The smallest absolute Gasteiger partial charge is 0.280 e. The number of fused-ring (bicyclic) bond motifs is 2. The van der Waals surface area contributed by atoms with Crippen molar-refractivity contribution in [2.24, 2.45) is 0 Å². The number of nitrogen functional groups attached to an aromatic ring is 1. The number of aliphatic hydroxyl groups is 1. The Hall–Kier alpha value is -3.18. The van der Waals surface area contributed by atoms with Crippen molar-refractivity contribution in [3.63, 3.8) is 0 Å². The molecule has 6 N–H and O–H groups in total. The predicted molar refractivity (Wildman–Crippen MR) is 184 cm³/mol. The molecule has 6 heterocycles. The van der Waals surface area contributed by atoms with Crippen molar-refractivity contribution in [1.29, 1.82) is 0 Å². The van der Waals surface area contributed by atoms with Gasteiger partial charge in [-0.15, -0.1) is 0 Å². The van der Waals surface area contributed by atoms with Gasteiger partial charge in [0.2, 0.25) is 5.95 Å². The highest BCUT2D eigenvalue weighted by Crippen LogP contribution is 2.61. The number of hydrogen-bond donors (Lipinski definition) is 5. The molecule has 6 rings (SSSR count). The number of rotatable bonds is 18. The highest BCUT2D eigenvalue weighted by atomic mass is 31.3. The van der Waals surface area contributed by atoms with Crippen LogP contribution in [0.15, 0.2) is 23.8 Å². The maximum atomic E-state index is 13.6. The van der Waals surface area contributed by atoms with Crippen LogP contribution in [-0.4, -0.2) is 119 Å². The van der Waals surface area contributed by atoms with Crippen molar-refractivity contribution in [3.8, 4) is 0 Å². The Morgan fingerprint density at radius 2 is 1.49 bits per heavy atom. The quantitative estimate of drug-likeness (QED) is 0.0616. The van der Waals surface area contributed by atoms with Crippen LogP contribution in [0, 0.1) is 0 Å². The van der Waals surface area contributed by atoms with Gasteiger partial charge in [0.15, 0.2) is 35.1 Å². The van der Waals surface area contributed by atoms with Gasteiger partial charge in [-0.05, 0) is 13.8 Å². The largest absolute Gasteiger partial charge is 0.756 e. The number of aromatic nitrogens is 8. The van der Waals surface area contributed by atoms with E-state index in [-0.39, 0.29) is 34.1 Å². The summed E-state index contributed by atoms with van der Waals surface area (Å²) >= 11 is 0. The fourth-order valence-corrected chi connectivity index (χ4v) is 10.00. The first kappa shape index (κ1) is 45.3. The standard InChI is InChI=1S/C25H38N10O20P4/c1-10(2)50-16-11(51-23(15(16)36)35-9-31-14-21(35)32-25(26)33-22(14)37)5-48-57(41,42)53-17-12(6-49-58(43,44)55-59(45,46)54-56(38,39)40)52-24(18(17)47-4)34-8-30-13-19(27-3)28-7-29-20(13)34/h7-12,15-18,23-24,36H,5-6H2,1-4H3,(H,41,42)(H,43,44)(H,45,46)(H,27,28,29)(H2,38,39,40)(H3,26,32,33,37)/p-4/t11-,12-,15?,16+,17+,18?,23-,24-/m1/s1. The highest BCUT2D eigenvalue weighted by Gasteiger charge is 2.51. The lowest BCUT2D eigenvalue weighted by molar-refractivity contribution is -0.250. The number of hydrogen-bond acceptors (Lipinski definition) is 26. The predicted octanol–water partition coefficient (Wildman–Crippen LogP) is -3.13. The first-order valence-electron chi connectivity index (χ1n) is 16.6. The summed E-state index contributed by atoms with van der Waals surface area (Å²) in [4.78, 5) is 92.5. The second-order valence-corrected chi connectivity index (χ2v) is 18.3. The summed E-state index contributed by atoms with van der Waals surface area (Å²) in [5.41, 5.74) is 5.08. The molecule has 4 aromatic heterocycles. The van der Waals surface area contributed by atoms with Gasteiger partial charge in [0.1, 0.15) is 48.5 Å². The van der Waals surface area contributed by atoms with Crippen molar-refractivity contribution in [3.05, 3.63) is 29.3 Å². The van der Waals surface area contributed by atoms with E-state index in [0.717, 1.165) is 19.8 Å². The summed E-state index contributed by atoms with van der Waals surface area (Å²) in [6, 6.07) is 0. The third-order valence-electron chi connectivity index (χ3n) is 8.34. The van der Waals surface area contributed by atoms with Crippen LogP contribution in [0.2, 0.25) is 0 Å². The molecule has 34 heteroatoms. The van der Waals surface area contributed by atoms with Crippen LogP contribution in [0.1, 0.15) is 26.3 Å². The molecule has 4 aromatic rings. The number of aromatic amines is 1. The average Bonchev–Trinajstić information content (AvgIpc) is 3.88. The van der Waals surface area contributed by atoms with Crippen LogP contribution in [0.25, 0.3) is 22.3 Å². The zero-order chi connectivity index (χ0) is 43.2. The van der Waals surface area contributed by atoms with E-state index in [4.69, 9.17) is 38.6 Å². The van der Waals surface area contributed by atoms with E-state index in [0.29, 0.717) is 0 Å². The zero-order valence-corrected chi connectivity index (χ0v) is 34.2. The van der Waals surface area contributed by atoms with E-state index < -0.39 is 105 Å². The van der Waals surface area contributed by atoms with Crippen molar-refractivity contribution < 1.29 is 89.0 Å². The number of nitrogens with two attached hydrogens (primary N) is 1. The number of imidazole rings is 2. The van der Waals surface area contributed by atoms with E-state index in [1.54, 1.807) is 20.9 Å². The maximum absolute atomic E-state index is 13.6. The van der Waals surface area contributed by atoms with Crippen molar-refractivity contribution in [2.75, 3.05) is 38.4 Å². The highest BCUT2D eigenvalue weighted by molar-refractivity contribution is 7.65. The summed E-state index contributed by atoms with van der Waals surface area (Å²) < 4.78 is 96.4. The molecule has 2 aliphatic rings. The van der Waals surface area contributed by atoms with E-state index in [1.165, 1.54) is 15.5 Å². The van der Waals surface area contributed by atoms with Crippen LogP contribution in [0.3, 0.4) is 0 Å². The Morgan fingerprint density at radius 3 is 2.12 bits per heavy atom. The molecule has 2 saturated heterocycles. The van der Waals surface area contributed by atoms with Crippen LogP contribution in [0.4, 0.5) is 11.8 Å². The molecule has 2 aliphatic heterocycles. The number of phosphoric ester groups is 2. The molecule has 0 amide bonds. The van der Waals surface area contributed by atoms with Crippen LogP contribution >= 0.6 is 31.3 Å². The molecule has 328 valence electrons. The molecule has 30 nitrogen and oxygen atoms in total. The Balaban J connectivity index is 1.25. The number of phosphoric acid groups is 4. The molecular weight excluding hydrogens is 884 g/mol. The van der Waals surface area contributed by atoms with Gasteiger partial charge in [0.25, 0.3) is 36.9 Å². The SMILES string of the molecule is CNc1ncnc2c1ncn2[C@@H]1O[C@H](COP(=O)([O-])OP(=O)([O-])OP(=O)([O-])O)[C@H](OP(=O)([O-])OC[C@H]2O[C@@H](n3cnc4c(=O)[nH]c(N)nc43)C(O)[C@H]2OC(C)C)C1OC. The molecule has 0 bridgehead atoms. The molecule has 0 saturated carbocycles. The number of ether oxygens (including phenoxy) is 4. The molecule has 0 radical (unpaired) electrons. The Morgan fingerprint density at radius 1 is 0.881 bits per heavy atom.